The van der Waals surface area contributed by atoms with Crippen molar-refractivity contribution in [2.24, 2.45) is 4.99 Å². The fraction of sp³-hybridized carbons (Fsp3) is 0.0500. The number of nitrogens with zero attached hydrogens (tertiary/aromatic N) is 2. The van der Waals surface area contributed by atoms with Gasteiger partial charge in [0.1, 0.15) is 5.75 Å². The topological polar surface area (TPSA) is 64.7 Å². The molecule has 142 valence electrons. The zero-order valence-corrected chi connectivity index (χ0v) is 14.3. The van der Waals surface area contributed by atoms with Crippen molar-refractivity contribution in [3.8, 4) is 11.5 Å². The van der Waals surface area contributed by atoms with Gasteiger partial charge in [-0.3, -0.25) is 15.1 Å². The number of hydrogen-bond acceptors (Lipinski definition) is 4. The molecule has 0 unspecified atom stereocenters. The Kier molecular flexibility index (Phi) is 5.39. The van der Waals surface area contributed by atoms with E-state index in [-0.39, 0.29) is 11.5 Å². The molecule has 0 aliphatic rings. The van der Waals surface area contributed by atoms with Gasteiger partial charge in [0.05, 0.1) is 16.2 Å². The second-order valence-corrected chi connectivity index (χ2v) is 5.70. The summed E-state index contributed by atoms with van der Waals surface area (Å²) in [5.41, 5.74) is -0.329. The quantitative estimate of drug-likeness (QED) is 0.300. The molecular weight excluding hydrogens is 373 g/mol. The molecule has 0 aliphatic heterocycles. The maximum absolute atomic E-state index is 12.8. The molecule has 0 atom stereocenters. The lowest BCUT2D eigenvalue weighted by atomic mass is 10.2. The molecule has 0 N–H and O–H groups in total. The second kappa shape index (κ2) is 7.91. The zero-order valence-electron chi connectivity index (χ0n) is 14.3. The Hall–Kier alpha value is -3.68. The smallest absolute Gasteiger partial charge is 0.416 e. The predicted octanol–water partition coefficient (Wildman–Crippen LogP) is 6.16. The number of aliphatic imine (C=N–C) groups is 1. The molecule has 0 aliphatic carbocycles. The van der Waals surface area contributed by atoms with Gasteiger partial charge < -0.3 is 4.74 Å². The third-order valence-electron chi connectivity index (χ3n) is 3.71. The van der Waals surface area contributed by atoms with Crippen LogP contribution in [0.3, 0.4) is 0 Å². The third kappa shape index (κ3) is 4.73. The minimum Gasteiger partial charge on any atom is -0.450 e. The molecule has 0 bridgehead atoms. The highest BCUT2D eigenvalue weighted by atomic mass is 19.4. The van der Waals surface area contributed by atoms with Gasteiger partial charge in [-0.05, 0) is 54.1 Å². The number of alkyl halides is 3. The van der Waals surface area contributed by atoms with Crippen LogP contribution < -0.4 is 4.74 Å². The van der Waals surface area contributed by atoms with Crippen molar-refractivity contribution in [2.75, 3.05) is 0 Å². The molecule has 3 aromatic carbocycles. The summed E-state index contributed by atoms with van der Waals surface area (Å²) in [7, 11) is 0. The molecule has 0 heterocycles. The van der Waals surface area contributed by atoms with Gasteiger partial charge in [-0.1, -0.05) is 18.2 Å². The summed E-state index contributed by atoms with van der Waals surface area (Å²) < 4.78 is 43.7. The van der Waals surface area contributed by atoms with E-state index in [1.54, 1.807) is 30.5 Å². The van der Waals surface area contributed by atoms with E-state index < -0.39 is 22.4 Å². The van der Waals surface area contributed by atoms with E-state index >= 15 is 0 Å². The van der Waals surface area contributed by atoms with Crippen molar-refractivity contribution in [2.45, 2.75) is 6.18 Å². The molecule has 0 aromatic heterocycles. The Balaban J connectivity index is 1.78. The van der Waals surface area contributed by atoms with Gasteiger partial charge in [-0.25, -0.2) is 0 Å². The molecule has 3 rings (SSSR count). The number of rotatable bonds is 5. The van der Waals surface area contributed by atoms with Crippen molar-refractivity contribution >= 4 is 17.6 Å². The highest BCUT2D eigenvalue weighted by Gasteiger charge is 2.33. The first kappa shape index (κ1) is 19.1. The fourth-order valence-electron chi connectivity index (χ4n) is 2.33. The van der Waals surface area contributed by atoms with Gasteiger partial charge in [0.2, 0.25) is 5.75 Å². The molecule has 28 heavy (non-hydrogen) atoms. The summed E-state index contributed by atoms with van der Waals surface area (Å²) in [5.74, 6) is -0.0246. The molecule has 3 aromatic rings. The van der Waals surface area contributed by atoms with Crippen LogP contribution in [0.2, 0.25) is 0 Å². The van der Waals surface area contributed by atoms with Crippen LogP contribution >= 0.6 is 0 Å². The Bertz CT molecular complexity index is 1000. The third-order valence-corrected chi connectivity index (χ3v) is 3.71. The van der Waals surface area contributed by atoms with Gasteiger partial charge in [0.25, 0.3) is 0 Å². The van der Waals surface area contributed by atoms with Crippen LogP contribution in [0.4, 0.5) is 24.5 Å². The predicted molar refractivity (Wildman–Crippen MR) is 98.3 cm³/mol. The highest BCUT2D eigenvalue weighted by Crippen LogP contribution is 2.37. The van der Waals surface area contributed by atoms with Gasteiger partial charge in [0.15, 0.2) is 0 Å². The first-order chi connectivity index (χ1) is 13.3. The second-order valence-electron chi connectivity index (χ2n) is 5.70. The lowest BCUT2D eigenvalue weighted by Crippen LogP contribution is -2.06. The lowest BCUT2D eigenvalue weighted by molar-refractivity contribution is -0.385. The van der Waals surface area contributed by atoms with Crippen LogP contribution in [-0.4, -0.2) is 11.1 Å². The summed E-state index contributed by atoms with van der Waals surface area (Å²) >= 11 is 0. The summed E-state index contributed by atoms with van der Waals surface area (Å²) in [5, 5.41) is 11.1. The minimum atomic E-state index is -4.68. The number of nitro groups is 1. The summed E-state index contributed by atoms with van der Waals surface area (Å²) in [6.45, 7) is 0. The van der Waals surface area contributed by atoms with Crippen LogP contribution in [0.25, 0.3) is 0 Å². The Morgan fingerprint density at radius 2 is 1.64 bits per heavy atom. The van der Waals surface area contributed by atoms with E-state index in [0.717, 1.165) is 23.4 Å². The van der Waals surface area contributed by atoms with Crippen LogP contribution in [0.1, 0.15) is 11.1 Å². The number of ether oxygens (including phenoxy) is 1. The SMILES string of the molecule is O=[N+]([O-])c1cc(C(F)(F)F)ccc1Oc1ccc(C=Nc2ccccc2)cc1. The molecular formula is C20H13F3N2O3. The van der Waals surface area contributed by atoms with E-state index in [0.29, 0.717) is 6.07 Å². The lowest BCUT2D eigenvalue weighted by Gasteiger charge is -2.10. The molecule has 5 nitrogen and oxygen atoms in total. The molecule has 8 heteroatoms. The van der Waals surface area contributed by atoms with Crippen LogP contribution in [0.5, 0.6) is 11.5 Å². The highest BCUT2D eigenvalue weighted by molar-refractivity contribution is 5.82. The number of nitro benzene ring substituents is 1. The van der Waals surface area contributed by atoms with E-state index in [9.17, 15) is 23.3 Å². The monoisotopic (exact) mass is 386 g/mol. The first-order valence-corrected chi connectivity index (χ1v) is 8.05. The molecule has 0 amide bonds. The van der Waals surface area contributed by atoms with Crippen LogP contribution in [0, 0.1) is 10.1 Å². The van der Waals surface area contributed by atoms with Gasteiger partial charge in [-0.2, -0.15) is 13.2 Å². The van der Waals surface area contributed by atoms with E-state index in [2.05, 4.69) is 4.99 Å². The largest absolute Gasteiger partial charge is 0.450 e. The van der Waals surface area contributed by atoms with Crippen molar-refractivity contribution in [3.63, 3.8) is 0 Å². The number of para-hydroxylation sites is 1. The summed E-state index contributed by atoms with van der Waals surface area (Å²) in [4.78, 5) is 14.5. The molecule has 0 saturated heterocycles. The fourth-order valence-corrected chi connectivity index (χ4v) is 2.33. The van der Waals surface area contributed by atoms with Crippen molar-refractivity contribution in [3.05, 3.63) is 94.0 Å². The number of halogens is 3. The molecule has 0 spiro atoms. The maximum Gasteiger partial charge on any atom is 0.416 e. The number of hydrogen-bond donors (Lipinski definition) is 0. The van der Waals surface area contributed by atoms with Gasteiger partial charge in [-0.15, -0.1) is 0 Å². The minimum absolute atomic E-state index is 0.250. The van der Waals surface area contributed by atoms with E-state index in [1.165, 1.54) is 0 Å². The van der Waals surface area contributed by atoms with Crippen LogP contribution in [-0.2, 0) is 6.18 Å². The van der Waals surface area contributed by atoms with Crippen molar-refractivity contribution < 1.29 is 22.8 Å². The van der Waals surface area contributed by atoms with E-state index in [4.69, 9.17) is 4.74 Å². The Morgan fingerprint density at radius 3 is 2.25 bits per heavy atom. The average molecular weight is 386 g/mol. The molecule has 0 saturated carbocycles. The zero-order chi connectivity index (χ0) is 20.1. The Morgan fingerprint density at radius 1 is 0.964 bits per heavy atom. The Labute approximate surface area is 157 Å². The van der Waals surface area contributed by atoms with Crippen molar-refractivity contribution in [1.82, 2.24) is 0 Å². The molecule has 0 radical (unpaired) electrons. The first-order valence-electron chi connectivity index (χ1n) is 8.05. The molecule has 0 fully saturated rings. The van der Waals surface area contributed by atoms with Gasteiger partial charge in [0, 0.05) is 12.3 Å². The standard InChI is InChI=1S/C20H13F3N2O3/c21-20(22,23)15-8-11-19(18(12-15)25(26)27)28-17-9-6-14(7-10-17)13-24-16-4-2-1-3-5-16/h1-13H. The van der Waals surface area contributed by atoms with E-state index in [1.807, 2.05) is 30.3 Å². The average Bonchev–Trinajstić information content (AvgIpc) is 2.67. The van der Waals surface area contributed by atoms with Crippen molar-refractivity contribution in [1.29, 1.82) is 0 Å². The normalized spacial score (nSPS) is 11.5. The summed E-state index contributed by atoms with van der Waals surface area (Å²) in [6, 6.07) is 17.9. The maximum atomic E-state index is 12.8. The number of benzene rings is 3. The summed E-state index contributed by atoms with van der Waals surface area (Å²) in [6.07, 6.45) is -3.04. The van der Waals surface area contributed by atoms with Gasteiger partial charge >= 0.3 is 11.9 Å². The van der Waals surface area contributed by atoms with Crippen LogP contribution in [0.15, 0.2) is 77.8 Å².